The van der Waals surface area contributed by atoms with E-state index in [0.717, 1.165) is 42.4 Å². The van der Waals surface area contributed by atoms with Crippen LogP contribution in [-0.2, 0) is 25.4 Å². The van der Waals surface area contributed by atoms with Crippen LogP contribution in [0.1, 0.15) is 54.4 Å². The van der Waals surface area contributed by atoms with Crippen LogP contribution in [0.5, 0.6) is 0 Å². The molecule has 0 atom stereocenters. The van der Waals surface area contributed by atoms with Gasteiger partial charge < -0.3 is 11.1 Å². The molecular formula is C34H25ClF6N10O2. The van der Waals surface area contributed by atoms with Crippen molar-refractivity contribution in [3.63, 3.8) is 0 Å². The summed E-state index contributed by atoms with van der Waals surface area (Å²) in [7, 11) is 0. The van der Waals surface area contributed by atoms with Crippen LogP contribution in [0.25, 0.3) is 0 Å². The summed E-state index contributed by atoms with van der Waals surface area (Å²) in [6.45, 7) is 0.808. The summed E-state index contributed by atoms with van der Waals surface area (Å²) in [4.78, 5) is 55.2. The third-order valence-electron chi connectivity index (χ3n) is 6.57. The van der Waals surface area contributed by atoms with Gasteiger partial charge in [-0.25, -0.2) is 19.9 Å². The number of nitrogens with one attached hydrogen (secondary N) is 1. The first-order valence-electron chi connectivity index (χ1n) is 14.9. The Balaban J connectivity index is 0.000000202. The molecule has 0 spiro atoms. The Kier molecular flexibility index (Phi) is 13.6. The van der Waals surface area contributed by atoms with E-state index in [1.807, 2.05) is 0 Å². The van der Waals surface area contributed by atoms with E-state index in [4.69, 9.17) is 17.3 Å². The largest absolute Gasteiger partial charge is 0.416 e. The molecule has 0 aliphatic heterocycles. The van der Waals surface area contributed by atoms with Crippen molar-refractivity contribution in [2.75, 3.05) is 5.32 Å². The van der Waals surface area contributed by atoms with Crippen molar-refractivity contribution in [1.29, 1.82) is 0 Å². The fourth-order valence-electron chi connectivity index (χ4n) is 4.00. The van der Waals surface area contributed by atoms with Crippen molar-refractivity contribution in [2.24, 2.45) is 5.73 Å². The Bertz CT molecular complexity index is 2090. The van der Waals surface area contributed by atoms with Crippen LogP contribution in [0.2, 0.25) is 5.28 Å². The summed E-state index contributed by atoms with van der Waals surface area (Å²) >= 11 is 5.47. The second-order valence-corrected chi connectivity index (χ2v) is 10.6. The molecule has 0 amide bonds. The predicted molar refractivity (Wildman–Crippen MR) is 178 cm³/mol. The molecule has 6 aromatic rings. The molecule has 272 valence electrons. The Hall–Kier alpha value is -6.27. The monoisotopic (exact) mass is 754 g/mol. The van der Waals surface area contributed by atoms with Crippen LogP contribution >= 0.6 is 11.6 Å². The van der Waals surface area contributed by atoms with E-state index < -0.39 is 35.0 Å². The Morgan fingerprint density at radius 2 is 1.06 bits per heavy atom. The lowest BCUT2D eigenvalue weighted by molar-refractivity contribution is -0.138. The molecule has 12 nitrogen and oxygen atoms in total. The molecule has 3 N–H and O–H groups in total. The van der Waals surface area contributed by atoms with Crippen LogP contribution in [-0.4, -0.2) is 51.4 Å². The smallest absolute Gasteiger partial charge is 0.349 e. The minimum atomic E-state index is -4.51. The molecule has 0 radical (unpaired) electrons. The maximum atomic E-state index is 12.8. The molecule has 0 unspecified atom stereocenters. The number of nitrogens with zero attached hydrogens (tertiary/aromatic N) is 8. The third kappa shape index (κ3) is 12.2. The number of benzene rings is 2. The van der Waals surface area contributed by atoms with Gasteiger partial charge in [0.25, 0.3) is 0 Å². The number of alkyl halides is 6. The molecule has 2 aromatic carbocycles. The average Bonchev–Trinajstić information content (AvgIpc) is 3.18. The van der Waals surface area contributed by atoms with E-state index >= 15 is 0 Å². The van der Waals surface area contributed by atoms with Gasteiger partial charge in [-0.3, -0.25) is 29.5 Å². The number of halogens is 7. The lowest BCUT2D eigenvalue weighted by Gasteiger charge is -2.08. The number of ketones is 2. The third-order valence-corrected chi connectivity index (χ3v) is 6.77. The van der Waals surface area contributed by atoms with Crippen molar-refractivity contribution in [3.05, 3.63) is 161 Å². The van der Waals surface area contributed by atoms with E-state index in [9.17, 15) is 35.9 Å². The van der Waals surface area contributed by atoms with E-state index in [0.29, 0.717) is 18.8 Å². The van der Waals surface area contributed by atoms with Crippen LogP contribution < -0.4 is 11.1 Å². The van der Waals surface area contributed by atoms with Crippen molar-refractivity contribution in [2.45, 2.75) is 25.4 Å². The van der Waals surface area contributed by atoms with Gasteiger partial charge in [0.1, 0.15) is 0 Å². The molecule has 0 aliphatic rings. The number of nitrogens with two attached hydrogens (primary N) is 1. The zero-order chi connectivity index (χ0) is 38.4. The Morgan fingerprint density at radius 3 is 1.45 bits per heavy atom. The zero-order valence-corrected chi connectivity index (χ0v) is 27.7. The van der Waals surface area contributed by atoms with Gasteiger partial charge in [-0.05, 0) is 35.9 Å². The van der Waals surface area contributed by atoms with Crippen molar-refractivity contribution in [1.82, 2.24) is 39.9 Å². The standard InChI is InChI=1S/C17H12F3N5O.C12H6ClF3N2O.C5H7N3/c18-17(19,20)13-3-1-2-11(6-13)15(26)12-7-23-16(24-8-12)25-10-14-9-21-4-5-22-14;13-11-17-5-8(6-18-11)10(19)7-2-1-3-9(4-7)12(14,15)16;6-3-5-4-7-1-2-8-5/h1-9H,10H2,(H,23,24,25);1-6H;1-2,4H,3,6H2. The minimum Gasteiger partial charge on any atom is -0.349 e. The number of hydrogen-bond acceptors (Lipinski definition) is 12. The highest BCUT2D eigenvalue weighted by atomic mass is 35.5. The first-order chi connectivity index (χ1) is 25.2. The fraction of sp³-hybridized carbons (Fsp3) is 0.118. The van der Waals surface area contributed by atoms with Gasteiger partial charge in [0, 0.05) is 73.4 Å². The fourth-order valence-corrected chi connectivity index (χ4v) is 4.10. The average molecular weight is 755 g/mol. The van der Waals surface area contributed by atoms with E-state index in [1.165, 1.54) is 36.7 Å². The van der Waals surface area contributed by atoms with E-state index in [-0.39, 0.29) is 33.5 Å². The summed E-state index contributed by atoms with van der Waals surface area (Å²) < 4.78 is 75.9. The van der Waals surface area contributed by atoms with E-state index in [2.05, 4.69) is 45.2 Å². The lowest BCUT2D eigenvalue weighted by Crippen LogP contribution is -2.10. The molecule has 0 saturated heterocycles. The molecule has 0 aliphatic carbocycles. The Morgan fingerprint density at radius 1 is 0.604 bits per heavy atom. The normalized spacial score (nSPS) is 10.9. The summed E-state index contributed by atoms with van der Waals surface area (Å²) in [5.41, 5.74) is 4.99. The van der Waals surface area contributed by atoms with Gasteiger partial charge in [-0.1, -0.05) is 24.3 Å². The topological polar surface area (TPSA) is 175 Å². The summed E-state index contributed by atoms with van der Waals surface area (Å²) in [6.07, 6.45) is 5.43. The minimum absolute atomic E-state index is 0.0411. The van der Waals surface area contributed by atoms with Crippen molar-refractivity contribution in [3.8, 4) is 0 Å². The maximum absolute atomic E-state index is 12.8. The lowest BCUT2D eigenvalue weighted by atomic mass is 10.0. The van der Waals surface area contributed by atoms with Gasteiger partial charge in [-0.15, -0.1) is 0 Å². The van der Waals surface area contributed by atoms with E-state index in [1.54, 1.807) is 37.2 Å². The summed E-state index contributed by atoms with van der Waals surface area (Å²) in [5.74, 6) is -0.921. The second-order valence-electron chi connectivity index (χ2n) is 10.3. The van der Waals surface area contributed by atoms with Gasteiger partial charge >= 0.3 is 12.4 Å². The second kappa shape index (κ2) is 18.3. The highest BCUT2D eigenvalue weighted by Gasteiger charge is 2.32. The van der Waals surface area contributed by atoms with Crippen LogP contribution in [0, 0.1) is 0 Å². The molecule has 0 saturated carbocycles. The molecule has 6 rings (SSSR count). The van der Waals surface area contributed by atoms with Crippen LogP contribution in [0.4, 0.5) is 32.3 Å². The van der Waals surface area contributed by atoms with Gasteiger partial charge in [0.2, 0.25) is 11.2 Å². The molecular weight excluding hydrogens is 730 g/mol. The van der Waals surface area contributed by atoms with Crippen molar-refractivity contribution >= 4 is 29.1 Å². The first-order valence-corrected chi connectivity index (χ1v) is 15.3. The highest BCUT2D eigenvalue weighted by molar-refractivity contribution is 6.28. The van der Waals surface area contributed by atoms with Gasteiger partial charge in [0.05, 0.1) is 46.4 Å². The maximum Gasteiger partial charge on any atom is 0.416 e. The summed E-state index contributed by atoms with van der Waals surface area (Å²) in [5, 5.41) is 2.87. The molecule has 19 heteroatoms. The molecule has 4 aromatic heterocycles. The number of carbonyl (C=O) groups excluding carboxylic acids is 2. The Labute approximate surface area is 301 Å². The van der Waals surface area contributed by atoms with Crippen LogP contribution in [0.15, 0.2) is 110 Å². The first kappa shape index (κ1) is 39.5. The SMILES string of the molecule is NCc1cnccn1.O=C(c1cnc(Cl)nc1)c1cccc(C(F)(F)F)c1.O=C(c1cnc(NCc2cnccn2)nc1)c1cccc(C(F)(F)F)c1. The van der Waals surface area contributed by atoms with Crippen molar-refractivity contribution < 1.29 is 35.9 Å². The highest BCUT2D eigenvalue weighted by Crippen LogP contribution is 2.31. The van der Waals surface area contributed by atoms with Gasteiger partial charge in [0.15, 0.2) is 11.6 Å². The number of carbonyl (C=O) groups is 2. The molecule has 53 heavy (non-hydrogen) atoms. The quantitative estimate of drug-likeness (QED) is 0.0990. The predicted octanol–water partition coefficient (Wildman–Crippen LogP) is 6.44. The number of hydrogen-bond donors (Lipinski definition) is 2. The zero-order valence-electron chi connectivity index (χ0n) is 26.9. The number of aromatic nitrogens is 8. The molecule has 0 bridgehead atoms. The number of anilines is 1. The van der Waals surface area contributed by atoms with Crippen LogP contribution in [0.3, 0.4) is 0 Å². The summed E-state index contributed by atoms with van der Waals surface area (Å²) in [6, 6.07) is 8.38. The molecule has 0 fully saturated rings. The van der Waals surface area contributed by atoms with Gasteiger partial charge in [-0.2, -0.15) is 26.3 Å². The molecule has 4 heterocycles. The number of rotatable bonds is 8.